The van der Waals surface area contributed by atoms with Gasteiger partial charge < -0.3 is 19.6 Å². The van der Waals surface area contributed by atoms with Crippen molar-refractivity contribution in [3.8, 4) is 5.75 Å². The van der Waals surface area contributed by atoms with Gasteiger partial charge in [0.25, 0.3) is 0 Å². The van der Waals surface area contributed by atoms with Crippen molar-refractivity contribution in [2.45, 2.75) is 25.7 Å². The largest absolute Gasteiger partial charge is 0.492 e. The van der Waals surface area contributed by atoms with Gasteiger partial charge in [-0.2, -0.15) is 0 Å². The fraction of sp³-hybridized carbons (Fsp3) is 0.550. The number of carboxylic acids is 1. The van der Waals surface area contributed by atoms with Crippen LogP contribution in [0.15, 0.2) is 24.3 Å². The first-order valence-corrected chi connectivity index (χ1v) is 9.42. The Labute approximate surface area is 157 Å². The van der Waals surface area contributed by atoms with Crippen LogP contribution in [-0.2, 0) is 14.4 Å². The van der Waals surface area contributed by atoms with E-state index in [4.69, 9.17) is 4.74 Å². The Hall–Kier alpha value is -2.57. The number of carboxylic acid groups (broad SMARTS) is 1. The molecule has 3 aliphatic rings. The smallest absolute Gasteiger partial charge is 0.315 e. The van der Waals surface area contributed by atoms with Gasteiger partial charge in [-0.1, -0.05) is 18.2 Å². The second-order valence-corrected chi connectivity index (χ2v) is 7.84. The normalized spacial score (nSPS) is 27.5. The van der Waals surface area contributed by atoms with E-state index >= 15 is 0 Å². The maximum Gasteiger partial charge on any atom is 0.315 e. The Balaban J connectivity index is 1.54. The second kappa shape index (κ2) is 6.55. The summed E-state index contributed by atoms with van der Waals surface area (Å²) in [7, 11) is 0. The van der Waals surface area contributed by atoms with Gasteiger partial charge in [0.05, 0.1) is 0 Å². The molecule has 27 heavy (non-hydrogen) atoms. The topological polar surface area (TPSA) is 87.2 Å². The third-order valence-corrected chi connectivity index (χ3v) is 6.35. The van der Waals surface area contributed by atoms with Gasteiger partial charge >= 0.3 is 5.97 Å². The van der Waals surface area contributed by atoms with Crippen molar-refractivity contribution in [2.24, 2.45) is 11.3 Å². The van der Waals surface area contributed by atoms with Crippen LogP contribution in [0.25, 0.3) is 0 Å². The third-order valence-electron chi connectivity index (χ3n) is 6.35. The summed E-state index contributed by atoms with van der Waals surface area (Å²) in [6, 6.07) is 7.49. The molecule has 2 atom stereocenters. The highest BCUT2D eigenvalue weighted by molar-refractivity contribution is 5.84. The third kappa shape index (κ3) is 2.85. The monoisotopic (exact) mass is 372 g/mol. The highest BCUT2D eigenvalue weighted by Crippen LogP contribution is 2.50. The Bertz CT molecular complexity index is 786. The number of carbonyl (C=O) groups is 3. The van der Waals surface area contributed by atoms with E-state index in [-0.39, 0.29) is 36.8 Å². The van der Waals surface area contributed by atoms with Crippen molar-refractivity contribution < 1.29 is 24.2 Å². The van der Waals surface area contributed by atoms with Crippen molar-refractivity contribution in [3.05, 3.63) is 29.8 Å². The zero-order chi connectivity index (χ0) is 19.2. The zero-order valence-electron chi connectivity index (χ0n) is 15.4. The lowest BCUT2D eigenvalue weighted by molar-refractivity contribution is -0.152. The molecule has 0 spiro atoms. The summed E-state index contributed by atoms with van der Waals surface area (Å²) in [4.78, 5) is 40.2. The molecule has 7 heteroatoms. The lowest BCUT2D eigenvalue weighted by atomic mass is 9.73. The summed E-state index contributed by atoms with van der Waals surface area (Å²) in [5.74, 6) is -0.575. The molecule has 7 nitrogen and oxygen atoms in total. The van der Waals surface area contributed by atoms with Crippen LogP contribution in [0.4, 0.5) is 0 Å². The van der Waals surface area contributed by atoms with Crippen LogP contribution in [0.3, 0.4) is 0 Å². The number of carbonyl (C=O) groups excluding carboxylic acids is 2. The number of piperidine rings is 1. The molecular formula is C20H24N2O5. The summed E-state index contributed by atoms with van der Waals surface area (Å²) in [5, 5.41) is 9.97. The summed E-state index contributed by atoms with van der Waals surface area (Å²) in [6.07, 6.45) is 1.26. The molecule has 1 aromatic rings. The van der Waals surface area contributed by atoms with Gasteiger partial charge in [-0.3, -0.25) is 14.4 Å². The molecule has 0 bridgehead atoms. The number of rotatable bonds is 2. The highest BCUT2D eigenvalue weighted by Gasteiger charge is 2.57. The van der Waals surface area contributed by atoms with E-state index in [0.29, 0.717) is 38.2 Å². The number of hydrogen-bond acceptors (Lipinski definition) is 4. The minimum Gasteiger partial charge on any atom is -0.492 e. The van der Waals surface area contributed by atoms with Crippen molar-refractivity contribution in [2.75, 3.05) is 32.8 Å². The van der Waals surface area contributed by atoms with Gasteiger partial charge in [-0.05, 0) is 18.9 Å². The number of hydrogen-bond donors (Lipinski definition) is 1. The van der Waals surface area contributed by atoms with Crippen molar-refractivity contribution in [3.63, 3.8) is 0 Å². The van der Waals surface area contributed by atoms with Crippen LogP contribution >= 0.6 is 0 Å². The molecule has 0 aliphatic carbocycles. The molecule has 2 fully saturated rings. The zero-order valence-corrected chi connectivity index (χ0v) is 15.4. The molecule has 1 aromatic carbocycles. The minimum absolute atomic E-state index is 0.00529. The molecule has 0 unspecified atom stereocenters. The molecule has 0 aromatic heterocycles. The van der Waals surface area contributed by atoms with Crippen LogP contribution < -0.4 is 4.74 Å². The van der Waals surface area contributed by atoms with Gasteiger partial charge in [0.15, 0.2) is 0 Å². The maximum atomic E-state index is 13.1. The predicted octanol–water partition coefficient (Wildman–Crippen LogP) is 1.33. The van der Waals surface area contributed by atoms with E-state index in [9.17, 15) is 19.5 Å². The van der Waals surface area contributed by atoms with Crippen LogP contribution in [-0.4, -0.2) is 65.5 Å². The Morgan fingerprint density at radius 3 is 2.52 bits per heavy atom. The fourth-order valence-electron chi connectivity index (χ4n) is 4.70. The van der Waals surface area contributed by atoms with Gasteiger partial charge in [-0.25, -0.2) is 0 Å². The lowest BCUT2D eigenvalue weighted by Crippen LogP contribution is -2.47. The first-order valence-electron chi connectivity index (χ1n) is 9.42. The number of amides is 2. The van der Waals surface area contributed by atoms with Crippen LogP contribution in [0.2, 0.25) is 0 Å². The van der Waals surface area contributed by atoms with E-state index in [1.165, 1.54) is 0 Å². The molecule has 3 aliphatic heterocycles. The van der Waals surface area contributed by atoms with E-state index in [1.54, 1.807) is 16.7 Å². The van der Waals surface area contributed by atoms with Crippen LogP contribution in [0.1, 0.15) is 31.2 Å². The molecule has 2 saturated heterocycles. The summed E-state index contributed by atoms with van der Waals surface area (Å²) in [5.41, 5.74) is -0.225. The van der Waals surface area contributed by atoms with E-state index in [0.717, 1.165) is 5.56 Å². The molecule has 3 heterocycles. The molecule has 0 radical (unpaired) electrons. The Morgan fingerprint density at radius 1 is 1.15 bits per heavy atom. The van der Waals surface area contributed by atoms with Gasteiger partial charge in [0, 0.05) is 50.5 Å². The minimum atomic E-state index is -1.09. The van der Waals surface area contributed by atoms with E-state index < -0.39 is 11.4 Å². The van der Waals surface area contributed by atoms with Crippen molar-refractivity contribution in [1.29, 1.82) is 0 Å². The lowest BCUT2D eigenvalue weighted by Gasteiger charge is -2.35. The first kappa shape index (κ1) is 17.8. The molecular weight excluding hydrogens is 348 g/mol. The molecule has 4 rings (SSSR count). The average molecular weight is 372 g/mol. The molecule has 1 N–H and O–H groups in total. The predicted molar refractivity (Wildman–Crippen MR) is 96.3 cm³/mol. The van der Waals surface area contributed by atoms with Crippen molar-refractivity contribution in [1.82, 2.24) is 9.80 Å². The SMILES string of the molecule is CC(=O)N1CCC(C(=O)N2C[C@@H]3c4ccccc4OC[C@]3(C(=O)O)C2)CC1. The number of nitrogens with zero attached hydrogens (tertiary/aromatic N) is 2. The molecule has 2 amide bonds. The number of fused-ring (bicyclic) bond motifs is 3. The molecule has 0 saturated carbocycles. The number of ether oxygens (including phenoxy) is 1. The van der Waals surface area contributed by atoms with E-state index in [1.807, 2.05) is 24.3 Å². The first-order chi connectivity index (χ1) is 12.9. The van der Waals surface area contributed by atoms with Crippen molar-refractivity contribution >= 4 is 17.8 Å². The number of likely N-dealkylation sites (tertiary alicyclic amines) is 2. The number of aliphatic carboxylic acids is 1. The average Bonchev–Trinajstić information content (AvgIpc) is 3.09. The number of para-hydroxylation sites is 1. The Kier molecular flexibility index (Phi) is 4.32. The Morgan fingerprint density at radius 2 is 1.85 bits per heavy atom. The van der Waals surface area contributed by atoms with Crippen LogP contribution in [0.5, 0.6) is 5.75 Å². The standard InChI is InChI=1S/C20H24N2O5/c1-13(23)21-8-6-14(7-9-21)18(24)22-10-16-15-4-2-3-5-17(15)27-12-20(16,11-22)19(25)26/h2-5,14,16H,6-12H2,1H3,(H,25,26)/t16-,20-/m1/s1. The fourth-order valence-corrected chi connectivity index (χ4v) is 4.70. The quantitative estimate of drug-likeness (QED) is 0.846. The van der Waals surface area contributed by atoms with Crippen LogP contribution in [0, 0.1) is 11.3 Å². The van der Waals surface area contributed by atoms with E-state index in [2.05, 4.69) is 0 Å². The molecule has 144 valence electrons. The summed E-state index contributed by atoms with van der Waals surface area (Å²) in [6.45, 7) is 3.36. The second-order valence-electron chi connectivity index (χ2n) is 7.84. The maximum absolute atomic E-state index is 13.1. The summed E-state index contributed by atoms with van der Waals surface area (Å²) < 4.78 is 5.75. The van der Waals surface area contributed by atoms with Gasteiger partial charge in [0.2, 0.25) is 11.8 Å². The van der Waals surface area contributed by atoms with Gasteiger partial charge in [-0.15, -0.1) is 0 Å². The summed E-state index contributed by atoms with van der Waals surface area (Å²) >= 11 is 0. The highest BCUT2D eigenvalue weighted by atomic mass is 16.5. The van der Waals surface area contributed by atoms with Gasteiger partial charge in [0.1, 0.15) is 17.8 Å². The number of benzene rings is 1.